The fourth-order valence-electron chi connectivity index (χ4n) is 4.55. The van der Waals surface area contributed by atoms with E-state index in [2.05, 4.69) is 57.3 Å². The Morgan fingerprint density at radius 1 is 0.923 bits per heavy atom. The lowest BCUT2D eigenvalue weighted by Gasteiger charge is -2.44. The number of hydrogen-bond acceptors (Lipinski definition) is 2. The highest BCUT2D eigenvalue weighted by Gasteiger charge is 2.41. The van der Waals surface area contributed by atoms with E-state index in [0.717, 1.165) is 32.3 Å². The van der Waals surface area contributed by atoms with Crippen molar-refractivity contribution in [1.29, 1.82) is 0 Å². The Bertz CT molecular complexity index is 486. The molecule has 0 aromatic heterocycles. The Hall–Kier alpha value is -0.643. The second kappa shape index (κ2) is 10.6. The summed E-state index contributed by atoms with van der Waals surface area (Å²) in [5.41, 5.74) is 0.200. The van der Waals surface area contributed by atoms with Crippen molar-refractivity contribution >= 4 is 13.3 Å². The van der Waals surface area contributed by atoms with Crippen LogP contribution in [0.15, 0.2) is 30.3 Å². The highest BCUT2D eigenvalue weighted by atomic mass is 28.3. The van der Waals surface area contributed by atoms with Gasteiger partial charge in [-0.15, -0.1) is 0 Å². The molecule has 0 amide bonds. The van der Waals surface area contributed by atoms with Gasteiger partial charge < -0.3 is 9.47 Å². The maximum Gasteiger partial charge on any atom is 0.0806 e. The molecular formula is C23H40O2Si. The van der Waals surface area contributed by atoms with E-state index >= 15 is 0 Å². The van der Waals surface area contributed by atoms with Crippen LogP contribution in [0.1, 0.15) is 52.4 Å². The van der Waals surface area contributed by atoms with Gasteiger partial charge in [-0.3, -0.25) is 0 Å². The first-order valence-electron chi connectivity index (χ1n) is 10.7. The highest BCUT2D eigenvalue weighted by Crippen LogP contribution is 2.44. The number of benzene rings is 1. The monoisotopic (exact) mass is 376 g/mol. The maximum absolute atomic E-state index is 6.06. The van der Waals surface area contributed by atoms with Gasteiger partial charge in [-0.2, -0.15) is 0 Å². The van der Waals surface area contributed by atoms with Crippen LogP contribution < -0.4 is 5.19 Å². The summed E-state index contributed by atoms with van der Waals surface area (Å²) in [5, 5.41) is 1.57. The Balaban J connectivity index is 2.17. The molecule has 0 bridgehead atoms. The second-order valence-corrected chi connectivity index (χ2v) is 13.6. The van der Waals surface area contributed by atoms with Gasteiger partial charge in [-0.25, -0.2) is 0 Å². The van der Waals surface area contributed by atoms with Gasteiger partial charge in [0, 0.05) is 18.6 Å². The van der Waals surface area contributed by atoms with E-state index < -0.39 is 8.07 Å². The van der Waals surface area contributed by atoms with Crippen molar-refractivity contribution in [3.63, 3.8) is 0 Å². The van der Waals surface area contributed by atoms with Crippen LogP contribution in [0.5, 0.6) is 0 Å². The second-order valence-electron chi connectivity index (χ2n) is 8.72. The van der Waals surface area contributed by atoms with E-state index in [1.807, 2.05) is 0 Å². The van der Waals surface area contributed by atoms with Crippen molar-refractivity contribution in [3.05, 3.63) is 30.3 Å². The summed E-state index contributed by atoms with van der Waals surface area (Å²) in [4.78, 5) is 0. The van der Waals surface area contributed by atoms with E-state index in [-0.39, 0.29) is 5.41 Å². The van der Waals surface area contributed by atoms with Crippen LogP contribution >= 0.6 is 0 Å². The first-order chi connectivity index (χ1) is 12.5. The van der Waals surface area contributed by atoms with Crippen LogP contribution in [-0.4, -0.2) is 34.5 Å². The molecule has 0 spiro atoms. The third-order valence-corrected chi connectivity index (χ3v) is 9.86. The molecule has 0 N–H and O–H groups in total. The maximum atomic E-state index is 6.06. The van der Waals surface area contributed by atoms with E-state index in [9.17, 15) is 0 Å². The Labute approximate surface area is 162 Å². The third kappa shape index (κ3) is 5.93. The molecule has 0 saturated heterocycles. The molecule has 1 aromatic rings. The molecule has 2 rings (SSSR count). The van der Waals surface area contributed by atoms with Gasteiger partial charge >= 0.3 is 0 Å². The lowest BCUT2D eigenvalue weighted by molar-refractivity contribution is -0.0626. The van der Waals surface area contributed by atoms with E-state index in [0.29, 0.717) is 0 Å². The van der Waals surface area contributed by atoms with Crippen LogP contribution in [-0.2, 0) is 9.47 Å². The molecule has 1 aliphatic rings. The third-order valence-electron chi connectivity index (χ3n) is 6.46. The summed E-state index contributed by atoms with van der Waals surface area (Å²) < 4.78 is 12.1. The molecule has 0 radical (unpaired) electrons. The van der Waals surface area contributed by atoms with Gasteiger partial charge in [-0.05, 0) is 39.0 Å². The summed E-state index contributed by atoms with van der Waals surface area (Å²) in [6, 6.07) is 12.5. The van der Waals surface area contributed by atoms with E-state index in [1.54, 1.807) is 5.19 Å². The number of hydrogen-bond donors (Lipinski definition) is 0. The summed E-state index contributed by atoms with van der Waals surface area (Å²) in [5.74, 6) is 0.759. The zero-order valence-electron chi connectivity index (χ0n) is 17.6. The van der Waals surface area contributed by atoms with Gasteiger partial charge in [0.05, 0.1) is 21.3 Å². The van der Waals surface area contributed by atoms with E-state index in [4.69, 9.17) is 9.47 Å². The SMILES string of the molecule is CCOCC(CC[Si](C)(C)c1ccccc1)(COCC)C1CCCCC1. The highest BCUT2D eigenvalue weighted by molar-refractivity contribution is 6.89. The molecule has 26 heavy (non-hydrogen) atoms. The predicted molar refractivity (Wildman–Crippen MR) is 115 cm³/mol. The van der Waals surface area contributed by atoms with Gasteiger partial charge in [0.25, 0.3) is 0 Å². The van der Waals surface area contributed by atoms with Crippen molar-refractivity contribution in [2.24, 2.45) is 11.3 Å². The van der Waals surface area contributed by atoms with Crippen LogP contribution in [0.3, 0.4) is 0 Å². The Morgan fingerprint density at radius 3 is 2.04 bits per heavy atom. The molecule has 0 heterocycles. The standard InChI is InChI=1S/C23H40O2Si/c1-5-24-19-23(20-25-6-2,21-13-9-7-10-14-21)17-18-26(3,4)22-15-11-8-12-16-22/h8,11-12,15-16,21H,5-7,9-10,13-14,17-20H2,1-4H3. The fourth-order valence-corrected chi connectivity index (χ4v) is 7.05. The lowest BCUT2D eigenvalue weighted by atomic mass is 9.68. The normalized spacial score (nSPS) is 16.8. The van der Waals surface area contributed by atoms with Gasteiger partial charge in [-0.1, -0.05) is 73.9 Å². The van der Waals surface area contributed by atoms with Crippen molar-refractivity contribution in [2.45, 2.75) is 71.5 Å². The Morgan fingerprint density at radius 2 is 1.50 bits per heavy atom. The quantitative estimate of drug-likeness (QED) is 0.466. The molecule has 0 atom stereocenters. The van der Waals surface area contributed by atoms with Gasteiger partial charge in [0.15, 0.2) is 0 Å². The van der Waals surface area contributed by atoms with Crippen molar-refractivity contribution in [2.75, 3.05) is 26.4 Å². The van der Waals surface area contributed by atoms with Crippen molar-refractivity contribution in [3.8, 4) is 0 Å². The summed E-state index contributed by atoms with van der Waals surface area (Å²) in [6.45, 7) is 12.6. The molecule has 0 aliphatic heterocycles. The first kappa shape index (κ1) is 21.7. The Kier molecular flexibility index (Phi) is 8.85. The molecule has 3 heteroatoms. The summed E-state index contributed by atoms with van der Waals surface area (Å²) in [6.07, 6.45) is 8.11. The lowest BCUT2D eigenvalue weighted by Crippen LogP contribution is -2.46. The average molecular weight is 377 g/mol. The van der Waals surface area contributed by atoms with Gasteiger partial charge in [0.2, 0.25) is 0 Å². The molecule has 148 valence electrons. The number of rotatable bonds is 11. The molecular weight excluding hydrogens is 336 g/mol. The molecule has 2 nitrogen and oxygen atoms in total. The number of ether oxygens (including phenoxy) is 2. The minimum absolute atomic E-state index is 0.200. The molecule has 1 aromatic carbocycles. The zero-order valence-corrected chi connectivity index (χ0v) is 18.6. The van der Waals surface area contributed by atoms with Crippen LogP contribution in [0.4, 0.5) is 0 Å². The van der Waals surface area contributed by atoms with Crippen LogP contribution in [0.2, 0.25) is 19.1 Å². The van der Waals surface area contributed by atoms with Crippen molar-refractivity contribution < 1.29 is 9.47 Å². The van der Waals surface area contributed by atoms with E-state index in [1.165, 1.54) is 44.6 Å². The summed E-state index contributed by atoms with van der Waals surface area (Å²) >= 11 is 0. The smallest absolute Gasteiger partial charge is 0.0806 e. The van der Waals surface area contributed by atoms with Crippen LogP contribution in [0.25, 0.3) is 0 Å². The minimum atomic E-state index is -1.44. The molecule has 1 fully saturated rings. The average Bonchev–Trinajstić information content (AvgIpc) is 2.69. The molecule has 0 unspecified atom stereocenters. The first-order valence-corrected chi connectivity index (χ1v) is 14.0. The predicted octanol–water partition coefficient (Wildman–Crippen LogP) is 5.63. The molecule has 1 aliphatic carbocycles. The van der Waals surface area contributed by atoms with Gasteiger partial charge in [0.1, 0.15) is 0 Å². The molecule has 1 saturated carbocycles. The summed E-state index contributed by atoms with van der Waals surface area (Å²) in [7, 11) is -1.44. The largest absolute Gasteiger partial charge is 0.381 e. The van der Waals surface area contributed by atoms with Crippen molar-refractivity contribution in [1.82, 2.24) is 0 Å². The topological polar surface area (TPSA) is 18.5 Å². The fraction of sp³-hybridized carbons (Fsp3) is 0.739. The zero-order chi connectivity index (χ0) is 18.9. The minimum Gasteiger partial charge on any atom is -0.381 e. The van der Waals surface area contributed by atoms with Crippen LogP contribution in [0, 0.1) is 11.3 Å².